The van der Waals surface area contributed by atoms with Gasteiger partial charge in [-0.1, -0.05) is 0 Å². The Morgan fingerprint density at radius 3 is 2.76 bits per heavy atom. The van der Waals surface area contributed by atoms with Crippen LogP contribution in [0.3, 0.4) is 0 Å². The molecule has 1 aromatic heterocycles. The average Bonchev–Trinajstić information content (AvgIpc) is 2.73. The highest BCUT2D eigenvalue weighted by Gasteiger charge is 2.20. The number of hydrogen-bond donors (Lipinski definition) is 1. The average molecular weight is 237 g/mol. The Morgan fingerprint density at radius 1 is 1.47 bits per heavy atom. The van der Waals surface area contributed by atoms with Gasteiger partial charge in [-0.2, -0.15) is 0 Å². The van der Waals surface area contributed by atoms with Gasteiger partial charge >= 0.3 is 0 Å². The van der Waals surface area contributed by atoms with Crippen LogP contribution in [0.1, 0.15) is 30.8 Å². The van der Waals surface area contributed by atoms with Crippen LogP contribution in [0.15, 0.2) is 16.5 Å². The Kier molecular flexibility index (Phi) is 3.84. The van der Waals surface area contributed by atoms with E-state index in [2.05, 4.69) is 0 Å². The van der Waals surface area contributed by atoms with Gasteiger partial charge in [0.15, 0.2) is 0 Å². The minimum atomic E-state index is -0.230. The molecule has 1 N–H and O–H groups in total. The summed E-state index contributed by atoms with van der Waals surface area (Å²) in [5.41, 5.74) is 0. The van der Waals surface area contributed by atoms with Crippen molar-refractivity contribution in [1.82, 2.24) is 4.90 Å². The van der Waals surface area contributed by atoms with Gasteiger partial charge in [-0.15, -0.1) is 0 Å². The minimum Gasteiger partial charge on any atom is -0.466 e. The Morgan fingerprint density at radius 2 is 2.18 bits per heavy atom. The molecule has 94 valence electrons. The highest BCUT2D eigenvalue weighted by atomic mass is 16.3. The maximum atomic E-state index is 11.9. The molecule has 1 saturated heterocycles. The van der Waals surface area contributed by atoms with Crippen molar-refractivity contribution in [3.63, 3.8) is 0 Å². The molecule has 0 radical (unpaired) electrons. The van der Waals surface area contributed by atoms with E-state index in [0.717, 1.165) is 11.5 Å². The van der Waals surface area contributed by atoms with E-state index < -0.39 is 0 Å². The van der Waals surface area contributed by atoms with E-state index >= 15 is 0 Å². The molecule has 17 heavy (non-hydrogen) atoms. The van der Waals surface area contributed by atoms with Gasteiger partial charge in [-0.05, 0) is 31.9 Å². The van der Waals surface area contributed by atoms with Crippen LogP contribution in [0.2, 0.25) is 0 Å². The van der Waals surface area contributed by atoms with Gasteiger partial charge in [0.2, 0.25) is 5.91 Å². The molecule has 2 rings (SSSR count). The monoisotopic (exact) mass is 237 g/mol. The molecule has 1 amide bonds. The van der Waals surface area contributed by atoms with Gasteiger partial charge in [0.25, 0.3) is 0 Å². The lowest BCUT2D eigenvalue weighted by atomic mass is 10.1. The second kappa shape index (κ2) is 5.36. The van der Waals surface area contributed by atoms with Gasteiger partial charge in [-0.25, -0.2) is 0 Å². The van der Waals surface area contributed by atoms with Crippen LogP contribution < -0.4 is 0 Å². The molecule has 0 aromatic carbocycles. The van der Waals surface area contributed by atoms with Crippen LogP contribution in [0.5, 0.6) is 0 Å². The molecule has 1 aliphatic rings. The molecule has 0 atom stereocenters. The van der Waals surface area contributed by atoms with Crippen molar-refractivity contribution in [2.24, 2.45) is 0 Å². The van der Waals surface area contributed by atoms with Crippen molar-refractivity contribution in [3.8, 4) is 0 Å². The van der Waals surface area contributed by atoms with E-state index in [1.165, 1.54) is 0 Å². The number of amides is 1. The molecule has 0 unspecified atom stereocenters. The molecular weight excluding hydrogens is 218 g/mol. The molecule has 2 heterocycles. The molecule has 1 aromatic rings. The zero-order valence-corrected chi connectivity index (χ0v) is 10.2. The first kappa shape index (κ1) is 12.2. The highest BCUT2D eigenvalue weighted by molar-refractivity contribution is 5.76. The van der Waals surface area contributed by atoms with Gasteiger partial charge in [-0.3, -0.25) is 4.79 Å². The lowest BCUT2D eigenvalue weighted by Crippen LogP contribution is -2.40. The number of carbonyl (C=O) groups is 1. The fourth-order valence-corrected chi connectivity index (χ4v) is 2.12. The third-order valence-corrected chi connectivity index (χ3v) is 3.20. The fourth-order valence-electron chi connectivity index (χ4n) is 2.12. The van der Waals surface area contributed by atoms with E-state index in [1.54, 1.807) is 0 Å². The highest BCUT2D eigenvalue weighted by Crippen LogP contribution is 2.13. The van der Waals surface area contributed by atoms with Crippen LogP contribution in [-0.2, 0) is 11.2 Å². The quantitative estimate of drug-likeness (QED) is 0.866. The summed E-state index contributed by atoms with van der Waals surface area (Å²) in [7, 11) is 0. The predicted molar refractivity (Wildman–Crippen MR) is 63.6 cm³/mol. The second-order valence-corrected chi connectivity index (χ2v) is 4.62. The first-order chi connectivity index (χ1) is 8.15. The number of aliphatic hydroxyl groups is 1. The Balaban J connectivity index is 1.77. The summed E-state index contributed by atoms with van der Waals surface area (Å²) in [6.45, 7) is 3.26. The Labute approximate surface area is 101 Å². The molecule has 1 aliphatic heterocycles. The van der Waals surface area contributed by atoms with Crippen molar-refractivity contribution >= 4 is 5.91 Å². The molecule has 0 spiro atoms. The molecule has 1 fully saturated rings. The van der Waals surface area contributed by atoms with Gasteiger partial charge in [0.1, 0.15) is 11.5 Å². The van der Waals surface area contributed by atoms with Crippen LogP contribution in [0, 0.1) is 6.92 Å². The standard InChI is InChI=1S/C13H19NO3/c1-10-2-3-12(17-10)4-5-13(16)14-8-6-11(15)7-9-14/h2-3,11,15H,4-9H2,1H3. The predicted octanol–water partition coefficient (Wildman–Crippen LogP) is 1.50. The molecule has 0 bridgehead atoms. The van der Waals surface area contributed by atoms with E-state index in [4.69, 9.17) is 4.42 Å². The van der Waals surface area contributed by atoms with E-state index in [9.17, 15) is 9.90 Å². The smallest absolute Gasteiger partial charge is 0.223 e. The number of furan rings is 1. The second-order valence-electron chi connectivity index (χ2n) is 4.62. The maximum absolute atomic E-state index is 11.9. The van der Waals surface area contributed by atoms with E-state index in [1.807, 2.05) is 24.0 Å². The minimum absolute atomic E-state index is 0.158. The lowest BCUT2D eigenvalue weighted by Gasteiger charge is -2.29. The lowest BCUT2D eigenvalue weighted by molar-refractivity contribution is -0.133. The Bertz CT molecular complexity index is 378. The van der Waals surface area contributed by atoms with Crippen LogP contribution in [0.25, 0.3) is 0 Å². The van der Waals surface area contributed by atoms with Crippen molar-refractivity contribution < 1.29 is 14.3 Å². The molecule has 0 saturated carbocycles. The number of aryl methyl sites for hydroxylation is 2. The summed E-state index contributed by atoms with van der Waals surface area (Å²) in [5.74, 6) is 1.91. The SMILES string of the molecule is Cc1ccc(CCC(=O)N2CCC(O)CC2)o1. The molecular formula is C13H19NO3. The zero-order valence-electron chi connectivity index (χ0n) is 10.2. The van der Waals surface area contributed by atoms with Crippen LogP contribution in [0.4, 0.5) is 0 Å². The van der Waals surface area contributed by atoms with E-state index in [-0.39, 0.29) is 12.0 Å². The summed E-state index contributed by atoms with van der Waals surface area (Å²) in [5, 5.41) is 9.37. The Hall–Kier alpha value is -1.29. The van der Waals surface area contributed by atoms with Crippen molar-refractivity contribution in [1.29, 1.82) is 0 Å². The van der Waals surface area contributed by atoms with Crippen molar-refractivity contribution in [2.75, 3.05) is 13.1 Å². The van der Waals surface area contributed by atoms with Gasteiger partial charge < -0.3 is 14.4 Å². The molecule has 4 nitrogen and oxygen atoms in total. The summed E-state index contributed by atoms with van der Waals surface area (Å²) < 4.78 is 5.43. The summed E-state index contributed by atoms with van der Waals surface area (Å²) in [4.78, 5) is 13.7. The first-order valence-electron chi connectivity index (χ1n) is 6.16. The number of hydrogen-bond acceptors (Lipinski definition) is 3. The molecule has 0 aliphatic carbocycles. The third kappa shape index (κ3) is 3.33. The topological polar surface area (TPSA) is 53.7 Å². The normalized spacial score (nSPS) is 17.4. The largest absolute Gasteiger partial charge is 0.466 e. The van der Waals surface area contributed by atoms with Crippen molar-refractivity contribution in [3.05, 3.63) is 23.7 Å². The number of rotatable bonds is 3. The van der Waals surface area contributed by atoms with Crippen molar-refractivity contribution in [2.45, 2.75) is 38.7 Å². The molecule has 4 heteroatoms. The number of likely N-dealkylation sites (tertiary alicyclic amines) is 1. The maximum Gasteiger partial charge on any atom is 0.223 e. The summed E-state index contributed by atoms with van der Waals surface area (Å²) in [6.07, 6.45) is 2.32. The first-order valence-corrected chi connectivity index (χ1v) is 6.16. The van der Waals surface area contributed by atoms with Gasteiger partial charge in [0, 0.05) is 25.9 Å². The zero-order chi connectivity index (χ0) is 12.3. The fraction of sp³-hybridized carbons (Fsp3) is 0.615. The van der Waals surface area contributed by atoms with Crippen LogP contribution in [-0.4, -0.2) is 35.1 Å². The summed E-state index contributed by atoms with van der Waals surface area (Å²) >= 11 is 0. The number of aliphatic hydroxyl groups excluding tert-OH is 1. The third-order valence-electron chi connectivity index (χ3n) is 3.20. The van der Waals surface area contributed by atoms with E-state index in [0.29, 0.717) is 38.8 Å². The van der Waals surface area contributed by atoms with Gasteiger partial charge in [0.05, 0.1) is 6.10 Å². The summed E-state index contributed by atoms with van der Waals surface area (Å²) in [6, 6.07) is 3.83. The number of piperidine rings is 1. The number of nitrogens with zero attached hydrogens (tertiary/aromatic N) is 1. The number of carbonyl (C=O) groups excluding carboxylic acids is 1. The van der Waals surface area contributed by atoms with Crippen LogP contribution >= 0.6 is 0 Å².